The summed E-state index contributed by atoms with van der Waals surface area (Å²) in [6.07, 6.45) is 18.3. The van der Waals surface area contributed by atoms with Crippen molar-refractivity contribution in [1.29, 1.82) is 0 Å². The average molecular weight is 1200 g/mol. The first kappa shape index (κ1) is 57.8. The molecule has 88 heavy (non-hydrogen) atoms. The number of fused-ring (bicyclic) bond motifs is 13. The van der Waals surface area contributed by atoms with Crippen LogP contribution in [-0.2, 0) is 29.0 Å². The van der Waals surface area contributed by atoms with Crippen molar-refractivity contribution in [1.82, 2.24) is 16.0 Å². The Bertz CT molecular complexity index is 3830. The summed E-state index contributed by atoms with van der Waals surface area (Å²) in [7, 11) is 0. The van der Waals surface area contributed by atoms with E-state index in [1.165, 1.54) is 11.6 Å². The van der Waals surface area contributed by atoms with Gasteiger partial charge in [0.1, 0.15) is 64.3 Å². The monoisotopic (exact) mass is 1200 g/mol. The van der Waals surface area contributed by atoms with Gasteiger partial charge in [-0.05, 0) is 201 Å². The number of benzene rings is 3. The molecule has 464 valence electrons. The van der Waals surface area contributed by atoms with Gasteiger partial charge in [0.2, 0.25) is 0 Å². The number of nitrogens with two attached hydrogens (primary N) is 1. The molecule has 5 aliphatic heterocycles. The number of hydrogen-bond donors (Lipinski definition) is 11. The molecule has 6 heterocycles. The highest BCUT2D eigenvalue weighted by atomic mass is 16.6. The molecular formula is C72H84N4O12. The molecule has 3 fully saturated rings. The van der Waals surface area contributed by atoms with Gasteiger partial charge in [-0.15, -0.1) is 0 Å². The van der Waals surface area contributed by atoms with Crippen LogP contribution in [0.15, 0.2) is 121 Å². The molecule has 12 N–H and O–H groups in total. The van der Waals surface area contributed by atoms with E-state index in [0.717, 1.165) is 76.7 Å². The summed E-state index contributed by atoms with van der Waals surface area (Å²) in [4.78, 5) is 30.8. The van der Waals surface area contributed by atoms with E-state index in [1.54, 1.807) is 25.1 Å². The van der Waals surface area contributed by atoms with Crippen molar-refractivity contribution in [3.8, 4) is 17.2 Å². The van der Waals surface area contributed by atoms with Crippen molar-refractivity contribution in [3.05, 3.63) is 167 Å². The summed E-state index contributed by atoms with van der Waals surface area (Å²) < 4.78 is 21.8. The molecule has 0 saturated heterocycles. The second kappa shape index (κ2) is 21.5. The molecule has 0 spiro atoms. The molecule has 0 amide bonds. The molecule has 15 unspecified atom stereocenters. The minimum atomic E-state index is -1.62. The smallest absolute Gasteiger partial charge is 0.337 e. The van der Waals surface area contributed by atoms with Crippen LogP contribution in [0.2, 0.25) is 0 Å². The van der Waals surface area contributed by atoms with Crippen molar-refractivity contribution in [2.75, 3.05) is 13.2 Å². The number of aliphatic hydroxyl groups excluding tert-OH is 3. The van der Waals surface area contributed by atoms with E-state index in [0.29, 0.717) is 81.3 Å². The number of nitrogens with one attached hydrogen (secondary N) is 3. The number of ether oxygens (including phenoxy) is 2. The Balaban J connectivity index is 0.901. The van der Waals surface area contributed by atoms with Gasteiger partial charge in [0, 0.05) is 60.2 Å². The average Bonchev–Trinajstić information content (AvgIpc) is 1.32. The number of hydrogen-bond acceptors (Lipinski definition) is 16. The van der Waals surface area contributed by atoms with Crippen LogP contribution >= 0.6 is 0 Å². The fraction of sp³-hybridized carbons (Fsp3) is 0.528. The third-order valence-corrected chi connectivity index (χ3v) is 23.7. The van der Waals surface area contributed by atoms with Gasteiger partial charge in [-0.1, -0.05) is 67.8 Å². The fourth-order valence-corrected chi connectivity index (χ4v) is 19.7. The lowest BCUT2D eigenvalue weighted by atomic mass is 9.61. The number of rotatable bonds is 7. The minimum absolute atomic E-state index is 0.0150. The van der Waals surface area contributed by atoms with Gasteiger partial charge >= 0.3 is 5.97 Å². The van der Waals surface area contributed by atoms with Crippen molar-refractivity contribution < 1.29 is 54.4 Å². The summed E-state index contributed by atoms with van der Waals surface area (Å²) in [5, 5.41) is 95.6. The standard InChI is InChI=1S/C72H84N4O12/c1-4-54(72(85)31-38-25-41(72)24-37-23-39(30-71(84)20-6-5-7-21-71)63(81)50-10-8-9-45(38)58(37)50)69(83)87-57-29-52-64(82)61-56(80)28-43(33-77)86-66(61)62-59-49-19-22-74-67(73)60(49)47(16-13-36-12-14-42(79)27-51(36)53(59)34-78)46-18-17-44-40(26-55(46)70(57,3)88-65(52)62)32-75-68-48(44)15-11-35(2)76-68/h4,8-12,14-15,19,27-28,32,35,37-39,41,46-47,53,55,57,59,63,68,74-79,81-82,84-85H,5-7,13,16-18,20-26,29-31,33-34,73H2,1-3H3. The summed E-state index contributed by atoms with van der Waals surface area (Å²) >= 11 is 0. The topological polar surface area (TPSA) is 269 Å². The molecule has 4 aromatic rings. The molecule has 16 heteroatoms. The quantitative estimate of drug-likeness (QED) is 0.0609. The lowest BCUT2D eigenvalue weighted by molar-refractivity contribution is -0.171. The van der Waals surface area contributed by atoms with E-state index in [9.17, 15) is 40.5 Å². The molecule has 3 saturated carbocycles. The van der Waals surface area contributed by atoms with E-state index in [1.807, 2.05) is 25.1 Å². The second-order valence-electron chi connectivity index (χ2n) is 28.3. The van der Waals surface area contributed by atoms with Gasteiger partial charge in [0.25, 0.3) is 0 Å². The molecule has 15 atom stereocenters. The van der Waals surface area contributed by atoms with Crippen LogP contribution in [0.1, 0.15) is 185 Å². The van der Waals surface area contributed by atoms with Gasteiger partial charge in [0.15, 0.2) is 5.43 Å². The molecule has 6 bridgehead atoms. The Morgan fingerprint density at radius 2 is 1.76 bits per heavy atom. The normalized spacial score (nSPS) is 35.0. The zero-order valence-electron chi connectivity index (χ0n) is 50.6. The number of aryl methyl sites for hydroxylation is 1. The number of aliphatic hydroxyl groups is 5. The molecule has 1 aromatic heterocycles. The van der Waals surface area contributed by atoms with Crippen LogP contribution in [-0.4, -0.2) is 90.0 Å². The fourth-order valence-electron chi connectivity index (χ4n) is 19.7. The molecule has 15 rings (SSSR count). The number of phenolic OH excluding ortho intramolecular Hbond substituents is 2. The number of phenols is 2. The number of aromatic hydroxyl groups is 2. The van der Waals surface area contributed by atoms with Crippen LogP contribution in [0, 0.1) is 29.6 Å². The molecule has 0 radical (unpaired) electrons. The maximum absolute atomic E-state index is 16.1. The highest BCUT2D eigenvalue weighted by Gasteiger charge is 2.60. The zero-order valence-corrected chi connectivity index (χ0v) is 50.6. The third kappa shape index (κ3) is 8.94. The van der Waals surface area contributed by atoms with E-state index < -0.39 is 77.1 Å². The van der Waals surface area contributed by atoms with Crippen LogP contribution in [0.4, 0.5) is 0 Å². The van der Waals surface area contributed by atoms with Crippen molar-refractivity contribution in [2.45, 2.75) is 195 Å². The van der Waals surface area contributed by atoms with E-state index in [-0.39, 0.29) is 99.9 Å². The number of carbonyl (C=O) groups is 1. The number of allylic oxidation sites excluding steroid dienone is 5. The van der Waals surface area contributed by atoms with E-state index in [2.05, 4.69) is 53.4 Å². The van der Waals surface area contributed by atoms with Gasteiger partial charge in [-0.2, -0.15) is 0 Å². The SMILES string of the molecule is CC=C(C(=O)OC1Cc2c3c(c4oc(CO)cc(=O)c4c2O)C2C4=CCNC(N)=C4C(CCc4ccc(O)cc4C2CO)C2CCC4=C5C=CC(C)NC5NC=C4CC2C1(C)O3)C1(O)CC2CC1CC1CC(CC3(O)CCCCC3)C(O)c3cccc2c31. The van der Waals surface area contributed by atoms with Crippen LogP contribution < -0.4 is 31.8 Å². The first-order chi connectivity index (χ1) is 42.4. The Kier molecular flexibility index (Phi) is 14.1. The Morgan fingerprint density at radius 1 is 0.955 bits per heavy atom. The van der Waals surface area contributed by atoms with Crippen molar-refractivity contribution >= 4 is 16.9 Å². The maximum atomic E-state index is 16.1. The van der Waals surface area contributed by atoms with E-state index in [4.69, 9.17) is 19.6 Å². The van der Waals surface area contributed by atoms with Crippen LogP contribution in [0.3, 0.4) is 0 Å². The zero-order chi connectivity index (χ0) is 60.9. The van der Waals surface area contributed by atoms with Gasteiger partial charge in [-0.25, -0.2) is 4.79 Å². The van der Waals surface area contributed by atoms with Gasteiger partial charge in [-0.3, -0.25) is 10.1 Å². The van der Waals surface area contributed by atoms with Crippen LogP contribution in [0.5, 0.6) is 17.2 Å². The highest BCUT2D eigenvalue weighted by molar-refractivity contribution is 5.93. The Morgan fingerprint density at radius 3 is 2.56 bits per heavy atom. The molecule has 16 nitrogen and oxygen atoms in total. The van der Waals surface area contributed by atoms with E-state index >= 15 is 4.79 Å². The van der Waals surface area contributed by atoms with Gasteiger partial charge in [0.05, 0.1) is 29.5 Å². The van der Waals surface area contributed by atoms with Gasteiger partial charge < -0.3 is 66.0 Å². The second-order valence-corrected chi connectivity index (χ2v) is 28.3. The van der Waals surface area contributed by atoms with Crippen LogP contribution in [0.25, 0.3) is 11.0 Å². The summed E-state index contributed by atoms with van der Waals surface area (Å²) in [5.41, 5.74) is 13.5. The predicted molar refractivity (Wildman–Crippen MR) is 331 cm³/mol. The molecule has 6 aliphatic carbocycles. The Hall–Kier alpha value is -6.66. The third-order valence-electron chi connectivity index (χ3n) is 23.7. The first-order valence-corrected chi connectivity index (χ1v) is 32.7. The molecule has 11 aliphatic rings. The first-order valence-electron chi connectivity index (χ1n) is 32.7. The Labute approximate surface area is 513 Å². The number of carbonyl (C=O) groups excluding carboxylic acids is 1. The molecular weight excluding hydrogens is 1110 g/mol. The largest absolute Gasteiger partial charge is 0.508 e. The highest BCUT2D eigenvalue weighted by Crippen LogP contribution is 2.64. The lowest BCUT2D eigenvalue weighted by Crippen LogP contribution is -2.59. The van der Waals surface area contributed by atoms with Crippen molar-refractivity contribution in [3.63, 3.8) is 0 Å². The minimum Gasteiger partial charge on any atom is -0.508 e. The maximum Gasteiger partial charge on any atom is 0.337 e. The summed E-state index contributed by atoms with van der Waals surface area (Å²) in [6, 6.07) is 12.8. The molecule has 3 aromatic carbocycles. The number of esters is 1. The lowest BCUT2D eigenvalue weighted by Gasteiger charge is -2.52. The summed E-state index contributed by atoms with van der Waals surface area (Å²) in [5.74, 6) is -3.82. The van der Waals surface area contributed by atoms with Crippen molar-refractivity contribution in [2.24, 2.45) is 35.3 Å². The summed E-state index contributed by atoms with van der Waals surface area (Å²) in [6.45, 7) is 5.20. The predicted octanol–water partition coefficient (Wildman–Crippen LogP) is 9.01. The number of dihydropyridines is 2.